The molecule has 0 spiro atoms. The molecule has 1 rings (SSSR count). The van der Waals surface area contributed by atoms with Gasteiger partial charge in [-0.25, -0.2) is 0 Å². The molecular weight excluding hydrogens is 183 g/mol. The van der Waals surface area contributed by atoms with Crippen molar-refractivity contribution in [2.45, 2.75) is 0 Å². The maximum absolute atomic E-state index is 11.7. The Hall–Kier alpha value is -1.26. The predicted molar refractivity (Wildman–Crippen MR) is 54.7 cm³/mol. The third kappa shape index (κ3) is 1.91. The molecule has 0 radical (unpaired) electrons. The van der Waals surface area contributed by atoms with Gasteiger partial charge in [-0.3, -0.25) is 0 Å². The number of rotatable bonds is 1. The summed E-state index contributed by atoms with van der Waals surface area (Å²) in [6, 6.07) is 6.98. The number of para-hydroxylation sites is 1. The first kappa shape index (κ1) is 9.83. The number of nitriles is 1. The van der Waals surface area contributed by atoms with Crippen LogP contribution in [0.25, 0.3) is 0 Å². The summed E-state index contributed by atoms with van der Waals surface area (Å²) >= 11 is 0. The lowest BCUT2D eigenvalue weighted by atomic mass is 10.2. The minimum Gasteiger partial charge on any atom is -0.397 e. The van der Waals surface area contributed by atoms with E-state index in [4.69, 9.17) is 11.0 Å². The van der Waals surface area contributed by atoms with E-state index in [1.54, 1.807) is 31.5 Å². The van der Waals surface area contributed by atoms with Gasteiger partial charge in [-0.15, -0.1) is 0 Å². The fourth-order valence-electron chi connectivity index (χ4n) is 1.12. The fourth-order valence-corrected chi connectivity index (χ4v) is 2.27. The van der Waals surface area contributed by atoms with Crippen molar-refractivity contribution in [2.24, 2.45) is 0 Å². The molecule has 1 aromatic carbocycles. The molecule has 1 aromatic rings. The Morgan fingerprint density at radius 3 is 2.54 bits per heavy atom. The van der Waals surface area contributed by atoms with Gasteiger partial charge in [-0.1, -0.05) is 6.07 Å². The second kappa shape index (κ2) is 3.24. The monoisotopic (exact) mass is 194 g/mol. The summed E-state index contributed by atoms with van der Waals surface area (Å²) in [6.45, 7) is 3.28. The third-order valence-corrected chi connectivity index (χ3v) is 3.33. The van der Waals surface area contributed by atoms with E-state index in [1.165, 1.54) is 0 Å². The highest BCUT2D eigenvalue weighted by atomic mass is 31.2. The first-order valence-corrected chi connectivity index (χ1v) is 6.41. The molecule has 2 N–H and O–H groups in total. The predicted octanol–water partition coefficient (Wildman–Crippen LogP) is 1.39. The molecule has 0 aromatic heterocycles. The fraction of sp³-hybridized carbons (Fsp3) is 0.222. The molecule has 13 heavy (non-hydrogen) atoms. The molecule has 0 unspecified atom stereocenters. The van der Waals surface area contributed by atoms with Crippen LogP contribution in [0.3, 0.4) is 0 Å². The average Bonchev–Trinajstić information content (AvgIpc) is 2.02. The van der Waals surface area contributed by atoms with Crippen LogP contribution in [0.4, 0.5) is 5.69 Å². The highest BCUT2D eigenvalue weighted by Crippen LogP contribution is 2.37. The number of nitrogen functional groups attached to an aromatic ring is 1. The maximum Gasteiger partial charge on any atom is 0.111 e. The number of hydrogen-bond acceptors (Lipinski definition) is 3. The molecule has 4 heteroatoms. The van der Waals surface area contributed by atoms with Crippen LogP contribution in [0, 0.1) is 11.3 Å². The van der Waals surface area contributed by atoms with E-state index >= 15 is 0 Å². The van der Waals surface area contributed by atoms with Gasteiger partial charge < -0.3 is 10.3 Å². The number of nitrogens with zero attached hydrogens (tertiary/aromatic N) is 1. The summed E-state index contributed by atoms with van der Waals surface area (Å²) < 4.78 is 11.7. The van der Waals surface area contributed by atoms with E-state index < -0.39 is 7.14 Å². The summed E-state index contributed by atoms with van der Waals surface area (Å²) in [4.78, 5) is 0. The van der Waals surface area contributed by atoms with Crippen LogP contribution in [0.15, 0.2) is 18.2 Å². The molecule has 0 aliphatic heterocycles. The zero-order chi connectivity index (χ0) is 10.1. The van der Waals surface area contributed by atoms with Gasteiger partial charge >= 0.3 is 0 Å². The van der Waals surface area contributed by atoms with Crippen molar-refractivity contribution in [3.63, 3.8) is 0 Å². The molecule has 0 bridgehead atoms. The summed E-state index contributed by atoms with van der Waals surface area (Å²) in [5, 5.41) is 9.28. The number of anilines is 1. The van der Waals surface area contributed by atoms with Crippen LogP contribution in [0.1, 0.15) is 5.56 Å². The lowest BCUT2D eigenvalue weighted by Gasteiger charge is -2.10. The van der Waals surface area contributed by atoms with Gasteiger partial charge in [0.2, 0.25) is 0 Å². The Morgan fingerprint density at radius 1 is 1.46 bits per heavy atom. The molecule has 0 saturated heterocycles. The zero-order valence-electron chi connectivity index (χ0n) is 7.61. The van der Waals surface area contributed by atoms with E-state index in [0.717, 1.165) is 0 Å². The van der Waals surface area contributed by atoms with E-state index in [1.807, 2.05) is 6.07 Å². The van der Waals surface area contributed by atoms with Gasteiger partial charge in [-0.05, 0) is 25.5 Å². The van der Waals surface area contributed by atoms with Crippen molar-refractivity contribution in [3.05, 3.63) is 23.8 Å². The van der Waals surface area contributed by atoms with Crippen LogP contribution >= 0.6 is 7.14 Å². The van der Waals surface area contributed by atoms with Crippen molar-refractivity contribution >= 4 is 18.1 Å². The summed E-state index contributed by atoms with van der Waals surface area (Å²) in [5.41, 5.74) is 6.42. The second-order valence-electron chi connectivity index (χ2n) is 3.20. The van der Waals surface area contributed by atoms with Gasteiger partial charge in [0.1, 0.15) is 13.2 Å². The largest absolute Gasteiger partial charge is 0.397 e. The van der Waals surface area contributed by atoms with Crippen LogP contribution in [0.2, 0.25) is 0 Å². The molecule has 0 saturated carbocycles. The lowest BCUT2D eigenvalue weighted by molar-refractivity contribution is 0.588. The minimum atomic E-state index is -2.37. The van der Waals surface area contributed by atoms with Crippen LogP contribution in [-0.2, 0) is 4.57 Å². The lowest BCUT2D eigenvalue weighted by Crippen LogP contribution is -2.11. The molecule has 0 heterocycles. The van der Waals surface area contributed by atoms with Gasteiger partial charge in [0, 0.05) is 5.30 Å². The maximum atomic E-state index is 11.7. The minimum absolute atomic E-state index is 0.346. The Morgan fingerprint density at radius 2 is 2.08 bits per heavy atom. The quantitative estimate of drug-likeness (QED) is 0.542. The molecule has 0 aliphatic carbocycles. The first-order valence-electron chi connectivity index (χ1n) is 3.81. The number of nitrogens with two attached hydrogens (primary N) is 1. The molecular formula is C9H11N2OP. The standard InChI is InChI=1S/C9H11N2OP/c1-13(2,12)8-5-3-4-7(6-10)9(8)11/h3-5H,11H2,1-2H3. The molecule has 0 fully saturated rings. The van der Waals surface area contributed by atoms with E-state index in [2.05, 4.69) is 0 Å². The topological polar surface area (TPSA) is 66.9 Å². The summed E-state index contributed by atoms with van der Waals surface area (Å²) in [6.07, 6.45) is 0. The van der Waals surface area contributed by atoms with Crippen molar-refractivity contribution in [1.29, 1.82) is 5.26 Å². The Balaban J connectivity index is 3.43. The van der Waals surface area contributed by atoms with E-state index in [0.29, 0.717) is 16.6 Å². The third-order valence-electron chi connectivity index (χ3n) is 1.78. The second-order valence-corrected chi connectivity index (χ2v) is 6.38. The van der Waals surface area contributed by atoms with E-state index in [-0.39, 0.29) is 0 Å². The first-order chi connectivity index (χ1) is 5.96. The smallest absolute Gasteiger partial charge is 0.111 e. The Bertz CT molecular complexity index is 414. The van der Waals surface area contributed by atoms with Crippen molar-refractivity contribution in [2.75, 3.05) is 19.1 Å². The molecule has 68 valence electrons. The van der Waals surface area contributed by atoms with Crippen LogP contribution < -0.4 is 11.0 Å². The number of benzene rings is 1. The van der Waals surface area contributed by atoms with Crippen molar-refractivity contribution in [3.8, 4) is 6.07 Å². The highest BCUT2D eigenvalue weighted by molar-refractivity contribution is 7.70. The van der Waals surface area contributed by atoms with Gasteiger partial charge in [0.15, 0.2) is 0 Å². The zero-order valence-corrected chi connectivity index (χ0v) is 8.51. The van der Waals surface area contributed by atoms with Crippen LogP contribution in [0.5, 0.6) is 0 Å². The van der Waals surface area contributed by atoms with Gasteiger partial charge in [0.25, 0.3) is 0 Å². The Kier molecular flexibility index (Phi) is 2.45. The SMILES string of the molecule is CP(C)(=O)c1cccc(C#N)c1N. The molecule has 0 aliphatic rings. The van der Waals surface area contributed by atoms with Crippen LogP contribution in [-0.4, -0.2) is 13.3 Å². The molecule has 0 amide bonds. The summed E-state index contributed by atoms with van der Waals surface area (Å²) in [7, 11) is -2.37. The highest BCUT2D eigenvalue weighted by Gasteiger charge is 2.16. The van der Waals surface area contributed by atoms with Crippen molar-refractivity contribution < 1.29 is 4.57 Å². The average molecular weight is 194 g/mol. The number of hydrogen-bond donors (Lipinski definition) is 1. The van der Waals surface area contributed by atoms with Gasteiger partial charge in [-0.2, -0.15) is 5.26 Å². The normalized spacial score (nSPS) is 10.8. The van der Waals surface area contributed by atoms with Crippen molar-refractivity contribution in [1.82, 2.24) is 0 Å². The summed E-state index contributed by atoms with van der Waals surface area (Å²) in [5.74, 6) is 0. The van der Waals surface area contributed by atoms with Gasteiger partial charge in [0.05, 0.1) is 11.3 Å². The molecule has 0 atom stereocenters. The molecule has 3 nitrogen and oxygen atoms in total. The van der Waals surface area contributed by atoms with E-state index in [9.17, 15) is 4.57 Å². The Labute approximate surface area is 77.5 Å².